The van der Waals surface area contributed by atoms with Gasteiger partial charge >= 0.3 is 0 Å². The summed E-state index contributed by atoms with van der Waals surface area (Å²) < 4.78 is 5.05. The van der Waals surface area contributed by atoms with Crippen molar-refractivity contribution < 1.29 is 24.2 Å². The highest BCUT2D eigenvalue weighted by atomic mass is 16.5. The molecule has 2 amide bonds. The number of pyridine rings is 1. The third-order valence-electron chi connectivity index (χ3n) is 5.66. The topological polar surface area (TPSA) is 130 Å². The number of benzene rings is 2. The second-order valence-corrected chi connectivity index (χ2v) is 7.82. The summed E-state index contributed by atoms with van der Waals surface area (Å²) in [4.78, 5) is 41.9. The van der Waals surface area contributed by atoms with Gasteiger partial charge in [0.25, 0.3) is 11.8 Å². The number of nitrogens with zero attached hydrogens (tertiary/aromatic N) is 1. The van der Waals surface area contributed by atoms with E-state index in [1.807, 2.05) is 0 Å². The molecule has 1 aliphatic rings. The molecule has 0 spiro atoms. The summed E-state index contributed by atoms with van der Waals surface area (Å²) in [6.45, 7) is 1.04. The number of aromatic hydroxyl groups is 1. The van der Waals surface area contributed by atoms with Gasteiger partial charge in [0.15, 0.2) is 17.3 Å². The fraction of sp³-hybridized carbons (Fsp3) is 0.200. The summed E-state index contributed by atoms with van der Waals surface area (Å²) in [6, 6.07) is 13.5. The summed E-state index contributed by atoms with van der Waals surface area (Å²) in [7, 11) is 1.41. The Balaban J connectivity index is 1.41. The lowest BCUT2D eigenvalue weighted by atomic mass is 10.0. The van der Waals surface area contributed by atoms with Gasteiger partial charge in [-0.1, -0.05) is 18.2 Å². The van der Waals surface area contributed by atoms with E-state index in [2.05, 4.69) is 20.9 Å². The lowest BCUT2D eigenvalue weighted by molar-refractivity contribution is 0.0896. The zero-order valence-electron chi connectivity index (χ0n) is 18.4. The predicted octanol–water partition coefficient (Wildman–Crippen LogP) is 1.53. The molecular weight excluding hydrogens is 436 g/mol. The highest BCUT2D eigenvalue weighted by molar-refractivity contribution is 6.11. The number of ether oxygens (including phenoxy) is 1. The molecular formula is C25H24N4O5. The van der Waals surface area contributed by atoms with Crippen LogP contribution >= 0.6 is 0 Å². The van der Waals surface area contributed by atoms with Crippen molar-refractivity contribution >= 4 is 17.6 Å². The molecule has 0 aliphatic carbocycles. The van der Waals surface area contributed by atoms with Crippen LogP contribution in [0, 0.1) is 0 Å². The molecule has 1 fully saturated rings. The summed E-state index contributed by atoms with van der Waals surface area (Å²) in [5.74, 6) is -0.968. The first-order valence-corrected chi connectivity index (χ1v) is 10.7. The van der Waals surface area contributed by atoms with Crippen molar-refractivity contribution in [2.75, 3.05) is 20.2 Å². The number of nitrogens with one attached hydrogen (secondary N) is 3. The molecule has 4 rings (SSSR count). The highest BCUT2D eigenvalue weighted by Crippen LogP contribution is 2.31. The Labute approximate surface area is 196 Å². The summed E-state index contributed by atoms with van der Waals surface area (Å²) in [5, 5.41) is 19.3. The average Bonchev–Trinajstić information content (AvgIpc) is 3.30. The van der Waals surface area contributed by atoms with E-state index in [9.17, 15) is 19.5 Å². The summed E-state index contributed by atoms with van der Waals surface area (Å²) in [6.07, 6.45) is 3.09. The van der Waals surface area contributed by atoms with E-state index in [4.69, 9.17) is 4.74 Å². The number of amides is 2. The molecule has 1 unspecified atom stereocenters. The van der Waals surface area contributed by atoms with Gasteiger partial charge in [-0.05, 0) is 36.4 Å². The van der Waals surface area contributed by atoms with Crippen LogP contribution in [-0.2, 0) is 0 Å². The minimum Gasteiger partial charge on any atom is -0.504 e. The van der Waals surface area contributed by atoms with Crippen molar-refractivity contribution in [2.24, 2.45) is 0 Å². The number of aromatic nitrogens is 1. The molecule has 4 N–H and O–H groups in total. The van der Waals surface area contributed by atoms with Gasteiger partial charge in [0.1, 0.15) is 0 Å². The zero-order chi connectivity index (χ0) is 24.1. The zero-order valence-corrected chi connectivity index (χ0v) is 18.4. The number of phenolic OH excluding ortho intramolecular Hbond substituents is 1. The molecule has 0 radical (unpaired) electrons. The van der Waals surface area contributed by atoms with Crippen LogP contribution in [0.2, 0.25) is 0 Å². The van der Waals surface area contributed by atoms with E-state index in [0.29, 0.717) is 29.8 Å². The number of hydrogen-bond acceptors (Lipinski definition) is 7. The van der Waals surface area contributed by atoms with E-state index >= 15 is 0 Å². The fourth-order valence-electron chi connectivity index (χ4n) is 3.79. The van der Waals surface area contributed by atoms with Crippen molar-refractivity contribution in [3.8, 4) is 11.5 Å². The molecule has 2 aromatic carbocycles. The van der Waals surface area contributed by atoms with Gasteiger partial charge in [0.05, 0.1) is 24.8 Å². The van der Waals surface area contributed by atoms with Gasteiger partial charge in [0.2, 0.25) is 0 Å². The standard InChI is InChI=1S/C25H24N4O5/c1-34-21-4-2-3-18(23(21)31)22(30)15-5-7-16(8-6-15)24(32)28-19-13-27-14-20(19)29-25(33)17-9-11-26-12-10-17/h2-12,19-20,27,31H,13-14H2,1H3,(H,28,32)(H,29,33)/t19?,20-/m1/s1. The van der Waals surface area contributed by atoms with Gasteiger partial charge in [-0.2, -0.15) is 0 Å². The number of phenols is 1. The first-order chi connectivity index (χ1) is 16.5. The quantitative estimate of drug-likeness (QED) is 0.394. The Hall–Kier alpha value is -4.24. The fourth-order valence-corrected chi connectivity index (χ4v) is 3.79. The number of carbonyl (C=O) groups excluding carboxylic acids is 3. The van der Waals surface area contributed by atoms with Crippen LogP contribution in [0.1, 0.15) is 36.6 Å². The monoisotopic (exact) mass is 460 g/mol. The van der Waals surface area contributed by atoms with Crippen molar-refractivity contribution in [2.45, 2.75) is 12.1 Å². The van der Waals surface area contributed by atoms with E-state index < -0.39 is 0 Å². The van der Waals surface area contributed by atoms with Crippen molar-refractivity contribution in [1.29, 1.82) is 0 Å². The Morgan fingerprint density at radius 2 is 1.44 bits per heavy atom. The lowest BCUT2D eigenvalue weighted by Crippen LogP contribution is -2.51. The van der Waals surface area contributed by atoms with E-state index in [-0.39, 0.29) is 46.7 Å². The molecule has 2 atom stereocenters. The molecule has 0 saturated carbocycles. The smallest absolute Gasteiger partial charge is 0.251 e. The van der Waals surface area contributed by atoms with Gasteiger partial charge in [0, 0.05) is 42.2 Å². The number of hydrogen-bond donors (Lipinski definition) is 4. The molecule has 1 aromatic heterocycles. The molecule has 3 aromatic rings. The average molecular weight is 460 g/mol. The molecule has 9 nitrogen and oxygen atoms in total. The van der Waals surface area contributed by atoms with Crippen LogP contribution < -0.4 is 20.7 Å². The number of ketones is 1. The number of methoxy groups -OCH3 is 1. The van der Waals surface area contributed by atoms with Crippen molar-refractivity contribution in [1.82, 2.24) is 20.9 Å². The molecule has 1 saturated heterocycles. The molecule has 174 valence electrons. The van der Waals surface area contributed by atoms with Gasteiger partial charge in [-0.15, -0.1) is 0 Å². The van der Waals surface area contributed by atoms with Crippen molar-refractivity contribution in [3.05, 3.63) is 89.2 Å². The molecule has 34 heavy (non-hydrogen) atoms. The predicted molar refractivity (Wildman–Crippen MR) is 124 cm³/mol. The van der Waals surface area contributed by atoms with Crippen LogP contribution in [-0.4, -0.2) is 60.0 Å². The second kappa shape index (κ2) is 10.1. The number of rotatable bonds is 7. The third-order valence-corrected chi connectivity index (χ3v) is 5.66. The Morgan fingerprint density at radius 3 is 2.03 bits per heavy atom. The largest absolute Gasteiger partial charge is 0.504 e. The normalized spacial score (nSPS) is 17.1. The Morgan fingerprint density at radius 1 is 0.882 bits per heavy atom. The van der Waals surface area contributed by atoms with Crippen molar-refractivity contribution in [3.63, 3.8) is 0 Å². The first-order valence-electron chi connectivity index (χ1n) is 10.7. The van der Waals surface area contributed by atoms with Gasteiger partial charge in [-0.25, -0.2) is 0 Å². The minimum atomic E-state index is -0.387. The minimum absolute atomic E-state index is 0.112. The SMILES string of the molecule is COc1cccc(C(=O)c2ccc(C(=O)NC3CNC[C@H]3NC(=O)c3ccncc3)cc2)c1O. The van der Waals surface area contributed by atoms with Crippen LogP contribution in [0.5, 0.6) is 11.5 Å². The van der Waals surface area contributed by atoms with E-state index in [1.165, 1.54) is 25.3 Å². The Bertz CT molecular complexity index is 1200. The molecule has 0 bridgehead atoms. The summed E-state index contributed by atoms with van der Waals surface area (Å²) in [5.41, 5.74) is 1.30. The van der Waals surface area contributed by atoms with Crippen LogP contribution in [0.15, 0.2) is 67.0 Å². The van der Waals surface area contributed by atoms with Crippen LogP contribution in [0.4, 0.5) is 0 Å². The maximum Gasteiger partial charge on any atom is 0.251 e. The van der Waals surface area contributed by atoms with E-state index in [0.717, 1.165) is 0 Å². The maximum atomic E-state index is 12.8. The van der Waals surface area contributed by atoms with Gasteiger partial charge < -0.3 is 25.8 Å². The molecule has 1 aliphatic heterocycles. The number of carbonyl (C=O) groups is 3. The van der Waals surface area contributed by atoms with E-state index in [1.54, 1.807) is 48.8 Å². The third kappa shape index (κ3) is 4.89. The van der Waals surface area contributed by atoms with Crippen LogP contribution in [0.3, 0.4) is 0 Å². The summed E-state index contributed by atoms with van der Waals surface area (Å²) >= 11 is 0. The molecule has 2 heterocycles. The molecule has 9 heteroatoms. The maximum absolute atomic E-state index is 12.8. The first kappa shape index (κ1) is 22.9. The highest BCUT2D eigenvalue weighted by Gasteiger charge is 2.30. The Kier molecular flexibility index (Phi) is 6.84. The van der Waals surface area contributed by atoms with Crippen LogP contribution in [0.25, 0.3) is 0 Å². The van der Waals surface area contributed by atoms with Gasteiger partial charge in [-0.3, -0.25) is 19.4 Å². The lowest BCUT2D eigenvalue weighted by Gasteiger charge is -2.21. The second-order valence-electron chi connectivity index (χ2n) is 7.82. The number of para-hydroxylation sites is 1.